The van der Waals surface area contributed by atoms with Crippen LogP contribution in [0.2, 0.25) is 0 Å². The van der Waals surface area contributed by atoms with Gasteiger partial charge < -0.3 is 5.21 Å². The van der Waals surface area contributed by atoms with Gasteiger partial charge in [-0.15, -0.1) is 0 Å². The molecule has 2 rings (SSSR count). The van der Waals surface area contributed by atoms with Crippen molar-refractivity contribution in [3.8, 4) is 0 Å². The third kappa shape index (κ3) is 3.29. The Labute approximate surface area is 116 Å². The van der Waals surface area contributed by atoms with E-state index in [-0.39, 0.29) is 10.6 Å². The van der Waals surface area contributed by atoms with Gasteiger partial charge in [0, 0.05) is 11.2 Å². The van der Waals surface area contributed by atoms with Gasteiger partial charge in [-0.3, -0.25) is 0 Å². The maximum atomic E-state index is 11.9. The zero-order chi connectivity index (χ0) is 14.6. The van der Waals surface area contributed by atoms with Crippen LogP contribution in [0, 0.1) is 12.1 Å². The molecule has 20 heavy (non-hydrogen) atoms. The van der Waals surface area contributed by atoms with Crippen molar-refractivity contribution in [1.29, 1.82) is 0 Å². The molecule has 1 heterocycles. The Balaban J connectivity index is 2.14. The maximum Gasteiger partial charge on any atom is 0.276 e. The summed E-state index contributed by atoms with van der Waals surface area (Å²) in [7, 11) is -3.74. The molecule has 0 saturated carbocycles. The number of aryl methyl sites for hydroxylation is 1. The van der Waals surface area contributed by atoms with Crippen LogP contribution in [0.1, 0.15) is 11.3 Å². The van der Waals surface area contributed by atoms with Gasteiger partial charge in [-0.1, -0.05) is 17.7 Å². The van der Waals surface area contributed by atoms with Gasteiger partial charge in [-0.25, -0.2) is 0 Å². The summed E-state index contributed by atoms with van der Waals surface area (Å²) in [4.78, 5) is 2.47. The number of nitrogens with one attached hydrogen (secondary N) is 1. The molecule has 104 valence electrons. The summed E-state index contributed by atoms with van der Waals surface area (Å²) in [5.74, 6) is 0. The second-order valence-corrected chi connectivity index (χ2v) is 5.65. The summed E-state index contributed by atoms with van der Waals surface area (Å²) in [6.45, 7) is 1.86. The number of sulfonamides is 1. The summed E-state index contributed by atoms with van der Waals surface area (Å²) in [6, 6.07) is 9.33. The van der Waals surface area contributed by atoms with Crippen molar-refractivity contribution in [3.05, 3.63) is 59.1 Å². The molecule has 8 heteroatoms. The van der Waals surface area contributed by atoms with E-state index in [1.165, 1.54) is 24.4 Å². The van der Waals surface area contributed by atoms with Crippen LogP contribution < -0.4 is 9.68 Å². The molecule has 7 nitrogen and oxygen atoms in total. The van der Waals surface area contributed by atoms with Crippen LogP contribution in [0.15, 0.2) is 52.6 Å². The Morgan fingerprint density at radius 2 is 2.00 bits per heavy atom. The SMILES string of the molecule is Cc1ccc(S(=O)(=O)N/N=C/c2cccn[n+]2[O-])cc1. The zero-order valence-corrected chi connectivity index (χ0v) is 11.4. The summed E-state index contributed by atoms with van der Waals surface area (Å²) in [5, 5.41) is 18.2. The van der Waals surface area contributed by atoms with Crippen molar-refractivity contribution < 1.29 is 13.3 Å². The fourth-order valence-corrected chi connectivity index (χ4v) is 2.19. The number of aromatic nitrogens is 2. The monoisotopic (exact) mass is 292 g/mol. The molecule has 0 bridgehead atoms. The lowest BCUT2D eigenvalue weighted by Gasteiger charge is -2.03. The number of nitrogens with zero attached hydrogens (tertiary/aromatic N) is 3. The Bertz CT molecular complexity index is 727. The minimum absolute atomic E-state index is 0.0986. The molecule has 2 aromatic rings. The number of hydrogen-bond acceptors (Lipinski definition) is 5. The van der Waals surface area contributed by atoms with E-state index in [1.54, 1.807) is 18.2 Å². The molecule has 0 aliphatic carbocycles. The Hall–Kier alpha value is -2.48. The largest absolute Gasteiger partial charge is 0.594 e. The van der Waals surface area contributed by atoms with Crippen molar-refractivity contribution >= 4 is 16.2 Å². The predicted octanol–water partition coefficient (Wildman–Crippen LogP) is 0.336. The van der Waals surface area contributed by atoms with E-state index in [0.717, 1.165) is 11.8 Å². The molecule has 0 unspecified atom stereocenters. The van der Waals surface area contributed by atoms with Gasteiger partial charge >= 0.3 is 0 Å². The van der Waals surface area contributed by atoms with Crippen molar-refractivity contribution in [3.63, 3.8) is 0 Å². The highest BCUT2D eigenvalue weighted by molar-refractivity contribution is 7.89. The Morgan fingerprint density at radius 3 is 2.65 bits per heavy atom. The number of rotatable bonds is 4. The van der Waals surface area contributed by atoms with E-state index < -0.39 is 10.0 Å². The average molecular weight is 292 g/mol. The minimum atomic E-state index is -3.74. The summed E-state index contributed by atoms with van der Waals surface area (Å²) in [5.41, 5.74) is 1.08. The number of hydrazone groups is 1. The molecule has 0 fully saturated rings. The minimum Gasteiger partial charge on any atom is -0.594 e. The van der Waals surface area contributed by atoms with Crippen LogP contribution in [0.25, 0.3) is 0 Å². The second-order valence-electron chi connectivity index (χ2n) is 3.99. The van der Waals surface area contributed by atoms with Gasteiger partial charge in [0.25, 0.3) is 15.7 Å². The maximum absolute atomic E-state index is 11.9. The second kappa shape index (κ2) is 5.66. The van der Waals surface area contributed by atoms with Crippen molar-refractivity contribution in [2.45, 2.75) is 11.8 Å². The van der Waals surface area contributed by atoms with Gasteiger partial charge in [0.05, 0.1) is 11.1 Å². The first-order valence-electron chi connectivity index (χ1n) is 5.65. The van der Waals surface area contributed by atoms with Gasteiger partial charge in [0.15, 0.2) is 0 Å². The van der Waals surface area contributed by atoms with Gasteiger partial charge in [0.2, 0.25) is 0 Å². The standard InChI is InChI=1S/C12H12N4O3S/c1-10-4-6-12(7-5-10)20(18,19)15-13-9-11-3-2-8-14-16(11)17/h2-9,15H,1H3/b13-9+. The molecule has 0 radical (unpaired) electrons. The zero-order valence-electron chi connectivity index (χ0n) is 10.6. The van der Waals surface area contributed by atoms with Gasteiger partial charge in [-0.2, -0.15) is 18.4 Å². The molecule has 0 spiro atoms. The highest BCUT2D eigenvalue weighted by Gasteiger charge is 2.12. The lowest BCUT2D eigenvalue weighted by Crippen LogP contribution is -2.35. The summed E-state index contributed by atoms with van der Waals surface area (Å²) >= 11 is 0. The number of hydrogen-bond donors (Lipinski definition) is 1. The van der Waals surface area contributed by atoms with E-state index in [2.05, 4.69) is 10.2 Å². The average Bonchev–Trinajstić information content (AvgIpc) is 2.41. The van der Waals surface area contributed by atoms with E-state index in [1.807, 2.05) is 11.8 Å². The summed E-state index contributed by atoms with van der Waals surface area (Å²) in [6.07, 6.45) is 2.41. The predicted molar refractivity (Wildman–Crippen MR) is 72.3 cm³/mol. The quantitative estimate of drug-likeness (QED) is 0.380. The fraction of sp³-hybridized carbons (Fsp3) is 0.0833. The molecule has 1 aromatic carbocycles. The molecule has 1 N–H and O–H groups in total. The lowest BCUT2D eigenvalue weighted by molar-refractivity contribution is -0.670. The Morgan fingerprint density at radius 1 is 1.30 bits per heavy atom. The molecular formula is C12H12N4O3S. The van der Waals surface area contributed by atoms with E-state index in [0.29, 0.717) is 4.85 Å². The first-order valence-corrected chi connectivity index (χ1v) is 7.14. The van der Waals surface area contributed by atoms with E-state index >= 15 is 0 Å². The topological polar surface area (TPSA) is 98.4 Å². The Kier molecular flexibility index (Phi) is 3.94. The van der Waals surface area contributed by atoms with Crippen molar-refractivity contribution in [2.75, 3.05) is 0 Å². The normalized spacial score (nSPS) is 11.7. The fourth-order valence-electron chi connectivity index (χ4n) is 1.40. The third-order valence-corrected chi connectivity index (χ3v) is 3.68. The molecule has 1 aromatic heterocycles. The van der Waals surface area contributed by atoms with Crippen molar-refractivity contribution in [1.82, 2.24) is 9.93 Å². The number of benzene rings is 1. The van der Waals surface area contributed by atoms with Crippen molar-refractivity contribution in [2.24, 2.45) is 5.10 Å². The first kappa shape index (κ1) is 13.9. The molecule has 0 aliphatic rings. The van der Waals surface area contributed by atoms with Crippen LogP contribution in [0.4, 0.5) is 0 Å². The van der Waals surface area contributed by atoms with Crippen LogP contribution >= 0.6 is 0 Å². The molecule has 0 saturated heterocycles. The smallest absolute Gasteiger partial charge is 0.276 e. The van der Waals surface area contributed by atoms with Crippen LogP contribution in [-0.4, -0.2) is 19.7 Å². The highest BCUT2D eigenvalue weighted by Crippen LogP contribution is 2.09. The van der Waals surface area contributed by atoms with E-state index in [4.69, 9.17) is 0 Å². The molecule has 0 atom stereocenters. The first-order chi connectivity index (χ1) is 9.49. The van der Waals surface area contributed by atoms with Crippen LogP contribution in [0.3, 0.4) is 0 Å². The lowest BCUT2D eigenvalue weighted by atomic mass is 10.2. The van der Waals surface area contributed by atoms with E-state index in [9.17, 15) is 13.6 Å². The van der Waals surface area contributed by atoms with Crippen LogP contribution in [0.5, 0.6) is 0 Å². The molecule has 0 amide bonds. The van der Waals surface area contributed by atoms with Gasteiger partial charge in [0.1, 0.15) is 6.21 Å². The highest BCUT2D eigenvalue weighted by atomic mass is 32.2. The molecule has 0 aliphatic heterocycles. The third-order valence-electron chi connectivity index (χ3n) is 2.45. The summed E-state index contributed by atoms with van der Waals surface area (Å²) < 4.78 is 23.8. The van der Waals surface area contributed by atoms with Crippen LogP contribution in [-0.2, 0) is 10.0 Å². The molecular weight excluding hydrogens is 280 g/mol. The van der Waals surface area contributed by atoms with Gasteiger partial charge in [-0.05, 0) is 30.0 Å².